The van der Waals surface area contributed by atoms with Crippen molar-refractivity contribution in [1.82, 2.24) is 0 Å². The zero-order valence-corrected chi connectivity index (χ0v) is 27.7. The maximum atomic E-state index is 13.8. The second-order valence-corrected chi connectivity index (χ2v) is 16.7. The predicted molar refractivity (Wildman–Crippen MR) is 202 cm³/mol. The van der Waals surface area contributed by atoms with Crippen molar-refractivity contribution in [1.29, 1.82) is 0 Å². The van der Waals surface area contributed by atoms with Crippen LogP contribution < -0.4 is 0 Å². The van der Waals surface area contributed by atoms with Crippen LogP contribution in [0.3, 0.4) is 0 Å². The normalized spacial score (nSPS) is 38.2. The van der Waals surface area contributed by atoms with Gasteiger partial charge in [0.25, 0.3) is 0 Å². The summed E-state index contributed by atoms with van der Waals surface area (Å²) >= 11 is 0. The molecular weight excluding hydrogens is 632 g/mol. The third-order valence-corrected chi connectivity index (χ3v) is 13.2. The Bertz CT molecular complexity index is 1130. The number of rotatable bonds is 8. The molecule has 294 valence electrons. The Morgan fingerprint density at radius 3 is 1.84 bits per heavy atom. The maximum absolute atomic E-state index is 13.8. The highest BCUT2D eigenvalue weighted by Gasteiger charge is 2.58. The van der Waals surface area contributed by atoms with Crippen molar-refractivity contribution < 1.29 is 38.1 Å². The molecule has 8 nitrogen and oxygen atoms in total. The molecule has 0 spiro atoms. The Kier molecular flexibility index (Phi) is 16.9. The van der Waals surface area contributed by atoms with E-state index in [9.17, 15) is 19.2 Å². The van der Waals surface area contributed by atoms with E-state index in [0.717, 1.165) is 50.0 Å². The van der Waals surface area contributed by atoms with Gasteiger partial charge in [-0.2, -0.15) is 0 Å². The first-order valence-electron chi connectivity index (χ1n) is 17.5. The number of cyclic esters (lactones) is 2. The van der Waals surface area contributed by atoms with Crippen LogP contribution in [0.5, 0.6) is 0 Å². The monoisotopic (exact) mass is 711 g/mol. The highest BCUT2D eigenvalue weighted by molar-refractivity contribution is 5.81. The van der Waals surface area contributed by atoms with E-state index in [1.807, 2.05) is 27.7 Å². The summed E-state index contributed by atoms with van der Waals surface area (Å²) in [6.45, 7) is 10.5. The van der Waals surface area contributed by atoms with Crippen LogP contribution in [0, 0.1) is 64.6 Å². The number of hydrogen-bond donors (Lipinski definition) is 0. The van der Waals surface area contributed by atoms with Gasteiger partial charge in [0, 0.05) is 12.3 Å². The number of ether oxygens (including phenoxy) is 4. The Morgan fingerprint density at radius 2 is 1.36 bits per heavy atom. The lowest BCUT2D eigenvalue weighted by atomic mass is 9.50. The quantitative estimate of drug-likeness (QED) is 0.181. The van der Waals surface area contributed by atoms with Crippen LogP contribution in [0.25, 0.3) is 0 Å². The van der Waals surface area contributed by atoms with Crippen molar-refractivity contribution in [2.45, 2.75) is 167 Å². The first-order valence-corrected chi connectivity index (χ1v) is 17.5. The van der Waals surface area contributed by atoms with E-state index < -0.39 is 28.5 Å². The number of carbonyl (C=O) groups is 4. The van der Waals surface area contributed by atoms with Gasteiger partial charge in [-0.15, -0.1) is 0 Å². The third kappa shape index (κ3) is 8.73. The molecular formula is C42H78O8. The average molecular weight is 711 g/mol. The summed E-state index contributed by atoms with van der Waals surface area (Å²) in [6, 6.07) is 0. The molecule has 6 saturated carbocycles. The molecule has 6 bridgehead atoms. The van der Waals surface area contributed by atoms with Gasteiger partial charge >= 0.3 is 23.9 Å². The molecule has 2 saturated heterocycles. The fourth-order valence-corrected chi connectivity index (χ4v) is 11.2. The second kappa shape index (κ2) is 17.6. The van der Waals surface area contributed by atoms with Gasteiger partial charge < -0.3 is 18.9 Å². The minimum absolute atomic E-state index is 0. The standard InChI is InChI=1S/C27H42O6.C9H12O2.6CH4/c1-7-18(22(28)31-6)13-19(14-26(4)15-25(2,3)33-24(26)30)23(29)32-27(5)20-9-16-8-17(11-20)12-21(27)10-16;10-9-8-6-2-1-5(3-6)7(8)4-11-9;;;;;;/h16-21H,7-15H2,1-6H3;5-8H,1-4H2;6*1H4. The molecule has 6 aliphatic carbocycles. The van der Waals surface area contributed by atoms with Crippen molar-refractivity contribution in [3.63, 3.8) is 0 Å². The summed E-state index contributed by atoms with van der Waals surface area (Å²) in [5, 5.41) is 0. The summed E-state index contributed by atoms with van der Waals surface area (Å²) in [4.78, 5) is 50.2. The van der Waals surface area contributed by atoms with Crippen molar-refractivity contribution >= 4 is 23.9 Å². The molecule has 7 unspecified atom stereocenters. The zero-order valence-electron chi connectivity index (χ0n) is 27.7. The maximum Gasteiger partial charge on any atom is 0.312 e. The molecule has 2 aliphatic heterocycles. The van der Waals surface area contributed by atoms with E-state index in [2.05, 4.69) is 6.92 Å². The summed E-state index contributed by atoms with van der Waals surface area (Å²) in [6.07, 6.45) is 11.7. The number of hydrogen-bond acceptors (Lipinski definition) is 8. The van der Waals surface area contributed by atoms with E-state index in [0.29, 0.717) is 55.3 Å². The van der Waals surface area contributed by atoms with Gasteiger partial charge in [0.1, 0.15) is 11.2 Å². The number of methoxy groups -OCH3 is 1. The smallest absolute Gasteiger partial charge is 0.312 e. The van der Waals surface area contributed by atoms with Crippen LogP contribution in [-0.2, 0) is 38.1 Å². The highest BCUT2D eigenvalue weighted by atomic mass is 16.6. The van der Waals surface area contributed by atoms with Crippen LogP contribution in [-0.4, -0.2) is 48.8 Å². The summed E-state index contributed by atoms with van der Waals surface area (Å²) in [5.74, 6) is 3.19. The van der Waals surface area contributed by atoms with Crippen LogP contribution in [0.15, 0.2) is 0 Å². The van der Waals surface area contributed by atoms with Crippen LogP contribution in [0.1, 0.15) is 156 Å². The van der Waals surface area contributed by atoms with Crippen LogP contribution in [0.2, 0.25) is 0 Å². The van der Waals surface area contributed by atoms with Gasteiger partial charge in [0.15, 0.2) is 0 Å². The van der Waals surface area contributed by atoms with E-state index in [4.69, 9.17) is 18.9 Å². The van der Waals surface area contributed by atoms with E-state index >= 15 is 0 Å². The van der Waals surface area contributed by atoms with Gasteiger partial charge in [-0.05, 0) is 134 Å². The molecule has 50 heavy (non-hydrogen) atoms. The third-order valence-electron chi connectivity index (χ3n) is 13.2. The molecule has 0 aromatic rings. The molecule has 0 radical (unpaired) electrons. The Labute approximate surface area is 307 Å². The van der Waals surface area contributed by atoms with Crippen molar-refractivity contribution in [3.8, 4) is 0 Å². The molecule has 8 rings (SSSR count). The van der Waals surface area contributed by atoms with E-state index in [-0.39, 0.29) is 68.4 Å². The molecule has 8 aliphatic rings. The fourth-order valence-electron chi connectivity index (χ4n) is 11.2. The average Bonchev–Trinajstić information content (AvgIpc) is 3.72. The highest BCUT2D eigenvalue weighted by Crippen LogP contribution is 2.60. The van der Waals surface area contributed by atoms with Gasteiger partial charge in [-0.1, -0.05) is 51.5 Å². The lowest BCUT2D eigenvalue weighted by Gasteiger charge is -2.59. The first kappa shape index (κ1) is 47.9. The number of carbonyl (C=O) groups excluding carboxylic acids is 4. The summed E-state index contributed by atoms with van der Waals surface area (Å²) < 4.78 is 22.1. The van der Waals surface area contributed by atoms with Gasteiger partial charge in [0.05, 0.1) is 36.9 Å². The SMILES string of the molecule is C.C.C.C.C.C.CCC(CC(CC1(C)CC(C)(C)OC1=O)C(=O)OC1(C)C2CC3CC(C2)CC1C3)C(=O)OC.O=C1OCC2C3CCC(C3)C12. The Morgan fingerprint density at radius 1 is 0.800 bits per heavy atom. The topological polar surface area (TPSA) is 105 Å². The van der Waals surface area contributed by atoms with Crippen molar-refractivity contribution in [2.75, 3.05) is 13.7 Å². The number of fused-ring (bicyclic) bond motifs is 5. The molecule has 2 heterocycles. The van der Waals surface area contributed by atoms with E-state index in [1.54, 1.807) is 0 Å². The first-order chi connectivity index (χ1) is 20.7. The van der Waals surface area contributed by atoms with Gasteiger partial charge in [-0.25, -0.2) is 0 Å². The van der Waals surface area contributed by atoms with E-state index in [1.165, 1.54) is 32.8 Å². The molecule has 0 N–H and O–H groups in total. The zero-order chi connectivity index (χ0) is 31.6. The molecule has 0 aromatic carbocycles. The van der Waals surface area contributed by atoms with Gasteiger partial charge in [-0.3, -0.25) is 19.2 Å². The molecule has 8 fully saturated rings. The lowest BCUT2D eigenvalue weighted by molar-refractivity contribution is -0.208. The number of esters is 4. The van der Waals surface area contributed by atoms with Gasteiger partial charge in [0.2, 0.25) is 0 Å². The molecule has 0 aromatic heterocycles. The fraction of sp³-hybridized carbons (Fsp3) is 0.905. The van der Waals surface area contributed by atoms with Crippen molar-refractivity contribution in [3.05, 3.63) is 0 Å². The predicted octanol–water partition coefficient (Wildman–Crippen LogP) is 10.1. The minimum Gasteiger partial charge on any atom is -0.469 e. The Hall–Kier alpha value is -2.12. The second-order valence-electron chi connectivity index (χ2n) is 16.7. The summed E-state index contributed by atoms with van der Waals surface area (Å²) in [5.41, 5.74) is -1.77. The Balaban J connectivity index is 0.00000120. The van der Waals surface area contributed by atoms with Crippen LogP contribution in [0.4, 0.5) is 0 Å². The minimum atomic E-state index is -0.771. The van der Waals surface area contributed by atoms with Crippen molar-refractivity contribution in [2.24, 2.45) is 64.6 Å². The van der Waals surface area contributed by atoms with Crippen LogP contribution >= 0.6 is 0 Å². The summed E-state index contributed by atoms with van der Waals surface area (Å²) in [7, 11) is 1.38. The lowest BCUT2D eigenvalue weighted by Crippen LogP contribution is -2.58. The molecule has 0 amide bonds. The molecule has 8 heteroatoms. The molecule has 7 atom stereocenters. The largest absolute Gasteiger partial charge is 0.469 e.